The van der Waals surface area contributed by atoms with E-state index in [0.29, 0.717) is 0 Å². The van der Waals surface area contributed by atoms with Crippen LogP contribution in [0.3, 0.4) is 0 Å². The van der Waals surface area contributed by atoms with Gasteiger partial charge in [-0.05, 0) is 0 Å². The zero-order chi connectivity index (χ0) is 6.62. The quantitative estimate of drug-likeness (QED) is 0.399. The molecule has 0 bridgehead atoms. The van der Waals surface area contributed by atoms with E-state index in [2.05, 4.69) is 20.4 Å². The zero-order valence-electron chi connectivity index (χ0n) is 5.90. The Kier molecular flexibility index (Phi) is 3.01. The summed E-state index contributed by atoms with van der Waals surface area (Å²) in [4.78, 5) is 0. The summed E-state index contributed by atoms with van der Waals surface area (Å²) in [6.45, 7) is 8.71. The fraction of sp³-hybridized carbons (Fsp3) is 0.667. The van der Waals surface area contributed by atoms with Gasteiger partial charge in [0.2, 0.25) is 0 Å². The average Bonchev–Trinajstić information content (AvgIpc) is 1.67. The van der Waals surface area contributed by atoms with Crippen LogP contribution < -0.4 is 0 Å². The fourth-order valence-electron chi connectivity index (χ4n) is 0.431. The second kappa shape index (κ2) is 3.05. The van der Waals surface area contributed by atoms with Gasteiger partial charge in [-0.3, -0.25) is 0 Å². The van der Waals surface area contributed by atoms with Gasteiger partial charge >= 0.3 is 0 Å². The summed E-state index contributed by atoms with van der Waals surface area (Å²) in [6, 6.07) is 0. The highest BCUT2D eigenvalue weighted by atomic mass is 28.2. The molecule has 0 fully saturated rings. The van der Waals surface area contributed by atoms with Crippen LogP contribution in [-0.2, 0) is 4.43 Å². The average molecular weight is 130 g/mol. The van der Waals surface area contributed by atoms with Crippen molar-refractivity contribution in [3.05, 3.63) is 12.7 Å². The van der Waals surface area contributed by atoms with Crippen LogP contribution in [0.4, 0.5) is 0 Å². The highest BCUT2D eigenvalue weighted by Gasteiger charge is 2.10. The first-order chi connectivity index (χ1) is 3.62. The van der Waals surface area contributed by atoms with Crippen LogP contribution in [-0.4, -0.2) is 17.1 Å². The van der Waals surface area contributed by atoms with Crippen molar-refractivity contribution in [2.75, 3.05) is 6.61 Å². The minimum atomic E-state index is 0.168. The first-order valence-corrected chi connectivity index (χ1v) is 3.56. The lowest BCUT2D eigenvalue weighted by atomic mass is 9.96. The molecule has 0 unspecified atom stereocenters. The molecule has 0 heterocycles. The van der Waals surface area contributed by atoms with Crippen LogP contribution in [0, 0.1) is 5.41 Å². The number of hydrogen-bond donors (Lipinski definition) is 0. The van der Waals surface area contributed by atoms with E-state index in [1.54, 1.807) is 0 Å². The maximum Gasteiger partial charge on any atom is 0.146 e. The monoisotopic (exact) mass is 130 g/mol. The predicted octanol–water partition coefficient (Wildman–Crippen LogP) is 0.496. The molecular formula is C6H14OSi. The molecule has 2 heteroatoms. The van der Waals surface area contributed by atoms with Crippen molar-refractivity contribution in [1.82, 2.24) is 0 Å². The summed E-state index contributed by atoms with van der Waals surface area (Å²) in [5.74, 6) is 0. The van der Waals surface area contributed by atoms with E-state index in [1.165, 1.54) is 0 Å². The van der Waals surface area contributed by atoms with Crippen LogP contribution in [0.2, 0.25) is 0 Å². The van der Waals surface area contributed by atoms with Gasteiger partial charge in [0, 0.05) is 12.0 Å². The minimum absolute atomic E-state index is 0.168. The Balaban J connectivity index is 3.53. The summed E-state index contributed by atoms with van der Waals surface area (Å²) in [5, 5.41) is 0. The topological polar surface area (TPSA) is 9.23 Å². The van der Waals surface area contributed by atoms with E-state index in [9.17, 15) is 0 Å². The van der Waals surface area contributed by atoms with E-state index in [4.69, 9.17) is 4.43 Å². The van der Waals surface area contributed by atoms with Crippen LogP contribution in [0.1, 0.15) is 13.8 Å². The summed E-state index contributed by atoms with van der Waals surface area (Å²) in [5.41, 5.74) is 0.168. The molecule has 0 N–H and O–H groups in total. The molecule has 0 saturated carbocycles. The molecule has 0 aliphatic carbocycles. The van der Waals surface area contributed by atoms with Gasteiger partial charge in [-0.25, -0.2) is 0 Å². The molecule has 0 aliphatic heterocycles. The van der Waals surface area contributed by atoms with Crippen molar-refractivity contribution >= 4 is 10.5 Å². The number of rotatable bonds is 3. The Morgan fingerprint density at radius 3 is 2.38 bits per heavy atom. The number of hydrogen-bond acceptors (Lipinski definition) is 1. The van der Waals surface area contributed by atoms with E-state index < -0.39 is 0 Å². The molecule has 1 nitrogen and oxygen atoms in total. The van der Waals surface area contributed by atoms with Crippen molar-refractivity contribution in [2.45, 2.75) is 13.8 Å². The lowest BCUT2D eigenvalue weighted by molar-refractivity contribution is 0.240. The van der Waals surface area contributed by atoms with E-state index in [-0.39, 0.29) is 5.41 Å². The highest BCUT2D eigenvalue weighted by molar-refractivity contribution is 5.97. The van der Waals surface area contributed by atoms with E-state index >= 15 is 0 Å². The Bertz CT molecular complexity index is 78.6. The first-order valence-electron chi connectivity index (χ1n) is 2.75. The fourth-order valence-corrected chi connectivity index (χ4v) is 1.17. The second-order valence-electron chi connectivity index (χ2n) is 2.63. The van der Waals surface area contributed by atoms with Gasteiger partial charge in [-0.2, -0.15) is 0 Å². The lowest BCUT2D eigenvalue weighted by Crippen LogP contribution is -2.14. The molecule has 48 valence electrons. The Morgan fingerprint density at radius 2 is 2.25 bits per heavy atom. The highest BCUT2D eigenvalue weighted by Crippen LogP contribution is 2.14. The maximum atomic E-state index is 5.07. The molecule has 0 spiro atoms. The summed E-state index contributed by atoms with van der Waals surface area (Å²) in [6.07, 6.45) is 1.92. The van der Waals surface area contributed by atoms with Crippen LogP contribution in [0.25, 0.3) is 0 Å². The van der Waals surface area contributed by atoms with Crippen LogP contribution in [0.5, 0.6) is 0 Å². The third-order valence-electron chi connectivity index (χ3n) is 1.07. The van der Waals surface area contributed by atoms with Crippen molar-refractivity contribution < 1.29 is 4.43 Å². The van der Waals surface area contributed by atoms with Crippen molar-refractivity contribution in [3.63, 3.8) is 0 Å². The van der Waals surface area contributed by atoms with Gasteiger partial charge in [0.05, 0.1) is 0 Å². The van der Waals surface area contributed by atoms with Gasteiger partial charge in [-0.15, -0.1) is 6.58 Å². The normalized spacial score (nSPS) is 11.8. The molecule has 0 radical (unpaired) electrons. The van der Waals surface area contributed by atoms with Crippen LogP contribution in [0.15, 0.2) is 12.7 Å². The lowest BCUT2D eigenvalue weighted by Gasteiger charge is -2.17. The van der Waals surface area contributed by atoms with Crippen molar-refractivity contribution in [1.29, 1.82) is 0 Å². The molecule has 0 rings (SSSR count). The van der Waals surface area contributed by atoms with Gasteiger partial charge in [0.25, 0.3) is 0 Å². The van der Waals surface area contributed by atoms with Crippen LogP contribution >= 0.6 is 0 Å². The first kappa shape index (κ1) is 7.92. The molecular weight excluding hydrogens is 116 g/mol. The van der Waals surface area contributed by atoms with Gasteiger partial charge in [0.1, 0.15) is 10.5 Å². The molecule has 0 aromatic carbocycles. The standard InChI is InChI=1S/C6H14OSi/c1-4-6(2,3)5-7-8/h4H,1,5H2,2-3,8H3. The largest absolute Gasteiger partial charge is 0.427 e. The molecule has 0 amide bonds. The molecule has 0 atom stereocenters. The van der Waals surface area contributed by atoms with Crippen molar-refractivity contribution in [3.8, 4) is 0 Å². The SMILES string of the molecule is C=CC(C)(C)CO[SiH3]. The summed E-state index contributed by atoms with van der Waals surface area (Å²) >= 11 is 0. The van der Waals surface area contributed by atoms with Gasteiger partial charge in [0.15, 0.2) is 0 Å². The Hall–Kier alpha value is -0.0831. The molecule has 8 heavy (non-hydrogen) atoms. The summed E-state index contributed by atoms with van der Waals surface area (Å²) in [7, 11) is 0.827. The minimum Gasteiger partial charge on any atom is -0.427 e. The second-order valence-corrected chi connectivity index (χ2v) is 3.20. The predicted molar refractivity (Wildman–Crippen MR) is 39.9 cm³/mol. The molecule has 0 saturated heterocycles. The zero-order valence-corrected chi connectivity index (χ0v) is 7.90. The molecule has 0 aromatic heterocycles. The third-order valence-corrected chi connectivity index (χ3v) is 1.36. The molecule has 0 aromatic rings. The smallest absolute Gasteiger partial charge is 0.146 e. The van der Waals surface area contributed by atoms with E-state index in [1.807, 2.05) is 6.08 Å². The van der Waals surface area contributed by atoms with Gasteiger partial charge in [-0.1, -0.05) is 19.9 Å². The van der Waals surface area contributed by atoms with E-state index in [0.717, 1.165) is 17.1 Å². The van der Waals surface area contributed by atoms with Gasteiger partial charge < -0.3 is 4.43 Å². The van der Waals surface area contributed by atoms with Crippen molar-refractivity contribution in [2.24, 2.45) is 5.41 Å². The Labute approximate surface area is 54.3 Å². The third kappa shape index (κ3) is 2.99. The molecule has 0 aliphatic rings. The Morgan fingerprint density at radius 1 is 1.75 bits per heavy atom. The summed E-state index contributed by atoms with van der Waals surface area (Å²) < 4.78 is 5.07. The maximum absolute atomic E-state index is 5.07.